The van der Waals surface area contributed by atoms with Crippen LogP contribution in [0.2, 0.25) is 0 Å². The Balaban J connectivity index is 1.94. The van der Waals surface area contributed by atoms with Crippen molar-refractivity contribution >= 4 is 5.91 Å². The van der Waals surface area contributed by atoms with Gasteiger partial charge in [-0.15, -0.1) is 0 Å². The SMILES string of the molecule is CC1CC(N2CCCCC2=O)CCN1. The van der Waals surface area contributed by atoms with Crippen molar-refractivity contribution < 1.29 is 4.79 Å². The maximum absolute atomic E-state index is 11.7. The number of piperidine rings is 2. The van der Waals surface area contributed by atoms with Crippen molar-refractivity contribution in [1.29, 1.82) is 0 Å². The van der Waals surface area contributed by atoms with Crippen molar-refractivity contribution in [2.24, 2.45) is 0 Å². The van der Waals surface area contributed by atoms with Gasteiger partial charge < -0.3 is 10.2 Å². The fourth-order valence-corrected chi connectivity index (χ4v) is 2.60. The number of nitrogens with zero attached hydrogens (tertiary/aromatic N) is 1. The molecule has 14 heavy (non-hydrogen) atoms. The summed E-state index contributed by atoms with van der Waals surface area (Å²) in [4.78, 5) is 13.8. The molecule has 3 nitrogen and oxygen atoms in total. The van der Waals surface area contributed by atoms with Crippen molar-refractivity contribution in [2.75, 3.05) is 13.1 Å². The molecule has 0 radical (unpaired) electrons. The number of likely N-dealkylation sites (tertiary alicyclic amines) is 1. The van der Waals surface area contributed by atoms with Crippen LogP contribution in [0.1, 0.15) is 39.0 Å². The summed E-state index contributed by atoms with van der Waals surface area (Å²) < 4.78 is 0. The normalized spacial score (nSPS) is 34.6. The van der Waals surface area contributed by atoms with Gasteiger partial charge in [0.2, 0.25) is 5.91 Å². The molecule has 2 heterocycles. The first-order valence-electron chi connectivity index (χ1n) is 5.80. The van der Waals surface area contributed by atoms with Crippen LogP contribution < -0.4 is 5.32 Å². The van der Waals surface area contributed by atoms with Gasteiger partial charge in [-0.25, -0.2) is 0 Å². The third-order valence-corrected chi connectivity index (χ3v) is 3.40. The maximum Gasteiger partial charge on any atom is 0.222 e. The van der Waals surface area contributed by atoms with E-state index < -0.39 is 0 Å². The van der Waals surface area contributed by atoms with Crippen molar-refractivity contribution in [3.8, 4) is 0 Å². The summed E-state index contributed by atoms with van der Waals surface area (Å²) in [7, 11) is 0. The van der Waals surface area contributed by atoms with Crippen LogP contribution in [0, 0.1) is 0 Å². The molecule has 2 aliphatic heterocycles. The first kappa shape index (κ1) is 9.97. The zero-order valence-electron chi connectivity index (χ0n) is 8.96. The van der Waals surface area contributed by atoms with Crippen LogP contribution in [0.5, 0.6) is 0 Å². The van der Waals surface area contributed by atoms with E-state index in [0.29, 0.717) is 18.0 Å². The lowest BCUT2D eigenvalue weighted by atomic mass is 9.96. The number of amides is 1. The number of rotatable bonds is 1. The molecule has 0 aromatic heterocycles. The second kappa shape index (κ2) is 4.30. The Morgan fingerprint density at radius 1 is 1.43 bits per heavy atom. The standard InChI is InChI=1S/C11H20N2O/c1-9-8-10(5-6-12-9)13-7-3-2-4-11(13)14/h9-10,12H,2-8H2,1H3. The fourth-order valence-electron chi connectivity index (χ4n) is 2.60. The van der Waals surface area contributed by atoms with Crippen molar-refractivity contribution in [3.05, 3.63) is 0 Å². The second-order valence-corrected chi connectivity index (χ2v) is 4.58. The van der Waals surface area contributed by atoms with E-state index in [1.807, 2.05) is 0 Å². The zero-order chi connectivity index (χ0) is 9.97. The van der Waals surface area contributed by atoms with Gasteiger partial charge in [-0.1, -0.05) is 0 Å². The van der Waals surface area contributed by atoms with Gasteiger partial charge in [0.25, 0.3) is 0 Å². The summed E-state index contributed by atoms with van der Waals surface area (Å²) >= 11 is 0. The molecule has 1 N–H and O–H groups in total. The highest BCUT2D eigenvalue weighted by atomic mass is 16.2. The van der Waals surface area contributed by atoms with Crippen LogP contribution >= 0.6 is 0 Å². The van der Waals surface area contributed by atoms with E-state index in [1.165, 1.54) is 6.42 Å². The lowest BCUT2D eigenvalue weighted by Gasteiger charge is -2.39. The molecule has 3 heteroatoms. The summed E-state index contributed by atoms with van der Waals surface area (Å²) in [5, 5.41) is 3.43. The Bertz CT molecular complexity index is 217. The highest BCUT2D eigenvalue weighted by molar-refractivity contribution is 5.77. The van der Waals surface area contributed by atoms with Gasteiger partial charge in [-0.05, 0) is 39.2 Å². The van der Waals surface area contributed by atoms with Gasteiger partial charge in [0, 0.05) is 25.0 Å². The molecular formula is C11H20N2O. The summed E-state index contributed by atoms with van der Waals surface area (Å²) in [6, 6.07) is 1.09. The Labute approximate surface area is 85.8 Å². The van der Waals surface area contributed by atoms with Crippen LogP contribution in [0.25, 0.3) is 0 Å². The topological polar surface area (TPSA) is 32.3 Å². The predicted molar refractivity (Wildman–Crippen MR) is 56.1 cm³/mol. The molecule has 0 saturated carbocycles. The van der Waals surface area contributed by atoms with E-state index in [1.54, 1.807) is 0 Å². The molecule has 0 aromatic carbocycles. The van der Waals surface area contributed by atoms with Crippen LogP contribution in [0.4, 0.5) is 0 Å². The molecule has 2 rings (SSSR count). The smallest absolute Gasteiger partial charge is 0.222 e. The first-order chi connectivity index (χ1) is 6.77. The largest absolute Gasteiger partial charge is 0.340 e. The monoisotopic (exact) mass is 196 g/mol. The summed E-state index contributed by atoms with van der Waals surface area (Å²) in [5.74, 6) is 0.385. The van der Waals surface area contributed by atoms with E-state index in [0.717, 1.165) is 38.8 Å². The van der Waals surface area contributed by atoms with Gasteiger partial charge in [0.15, 0.2) is 0 Å². The number of carbonyl (C=O) groups excluding carboxylic acids is 1. The molecule has 1 amide bonds. The minimum absolute atomic E-state index is 0.385. The van der Waals surface area contributed by atoms with Gasteiger partial charge in [0.05, 0.1) is 0 Å². The second-order valence-electron chi connectivity index (χ2n) is 4.58. The van der Waals surface area contributed by atoms with Crippen LogP contribution in [-0.4, -0.2) is 36.0 Å². The van der Waals surface area contributed by atoms with E-state index >= 15 is 0 Å². The van der Waals surface area contributed by atoms with Gasteiger partial charge in [-0.3, -0.25) is 4.79 Å². The average molecular weight is 196 g/mol. The lowest BCUT2D eigenvalue weighted by Crippen LogP contribution is -2.50. The molecule has 2 aliphatic rings. The first-order valence-corrected chi connectivity index (χ1v) is 5.80. The number of nitrogens with one attached hydrogen (secondary N) is 1. The zero-order valence-corrected chi connectivity index (χ0v) is 8.96. The third-order valence-electron chi connectivity index (χ3n) is 3.40. The lowest BCUT2D eigenvalue weighted by molar-refractivity contribution is -0.136. The average Bonchev–Trinajstić information content (AvgIpc) is 2.18. The minimum Gasteiger partial charge on any atom is -0.340 e. The van der Waals surface area contributed by atoms with E-state index in [9.17, 15) is 4.79 Å². The van der Waals surface area contributed by atoms with E-state index in [2.05, 4.69) is 17.1 Å². The van der Waals surface area contributed by atoms with Crippen LogP contribution in [0.15, 0.2) is 0 Å². The van der Waals surface area contributed by atoms with E-state index in [-0.39, 0.29) is 0 Å². The highest BCUT2D eigenvalue weighted by Gasteiger charge is 2.28. The summed E-state index contributed by atoms with van der Waals surface area (Å²) in [6.07, 6.45) is 5.33. The summed E-state index contributed by atoms with van der Waals surface area (Å²) in [6.45, 7) is 4.27. The summed E-state index contributed by atoms with van der Waals surface area (Å²) in [5.41, 5.74) is 0. The molecule has 0 aliphatic carbocycles. The van der Waals surface area contributed by atoms with Crippen LogP contribution in [0.3, 0.4) is 0 Å². The maximum atomic E-state index is 11.7. The molecule has 2 saturated heterocycles. The Hall–Kier alpha value is -0.570. The Morgan fingerprint density at radius 3 is 3.00 bits per heavy atom. The number of carbonyl (C=O) groups is 1. The molecule has 0 aromatic rings. The van der Waals surface area contributed by atoms with Crippen molar-refractivity contribution in [1.82, 2.24) is 10.2 Å². The van der Waals surface area contributed by atoms with Gasteiger partial charge >= 0.3 is 0 Å². The van der Waals surface area contributed by atoms with Gasteiger partial charge in [0.1, 0.15) is 0 Å². The number of hydrogen-bond donors (Lipinski definition) is 1. The predicted octanol–water partition coefficient (Wildman–Crippen LogP) is 1.14. The fraction of sp³-hybridized carbons (Fsp3) is 0.909. The van der Waals surface area contributed by atoms with Crippen molar-refractivity contribution in [2.45, 2.75) is 51.1 Å². The van der Waals surface area contributed by atoms with Crippen molar-refractivity contribution in [3.63, 3.8) is 0 Å². The minimum atomic E-state index is 0.385. The van der Waals surface area contributed by atoms with E-state index in [4.69, 9.17) is 0 Å². The molecule has 80 valence electrons. The third kappa shape index (κ3) is 2.08. The molecule has 0 bridgehead atoms. The van der Waals surface area contributed by atoms with Crippen LogP contribution in [-0.2, 0) is 4.79 Å². The highest BCUT2D eigenvalue weighted by Crippen LogP contribution is 2.20. The molecule has 2 fully saturated rings. The van der Waals surface area contributed by atoms with Gasteiger partial charge in [-0.2, -0.15) is 0 Å². The number of hydrogen-bond acceptors (Lipinski definition) is 2. The quantitative estimate of drug-likeness (QED) is 0.682. The molecule has 0 spiro atoms. The Kier molecular flexibility index (Phi) is 3.06. The molecular weight excluding hydrogens is 176 g/mol. The molecule has 2 atom stereocenters. The molecule has 2 unspecified atom stereocenters. The Morgan fingerprint density at radius 2 is 2.29 bits per heavy atom.